The van der Waals surface area contributed by atoms with Gasteiger partial charge in [0.2, 0.25) is 10.0 Å². The van der Waals surface area contributed by atoms with Crippen LogP contribution in [0.3, 0.4) is 0 Å². The molecule has 0 rings (SSSR count). The zero-order chi connectivity index (χ0) is 8.04. The number of nitrogens with two attached hydrogens (primary N) is 1. The third kappa shape index (κ3) is 4.49. The molecule has 0 unspecified atom stereocenters. The monoisotopic (exact) mass is 164 g/mol. The van der Waals surface area contributed by atoms with Crippen LogP contribution in [0.15, 0.2) is 12.7 Å². The van der Waals surface area contributed by atoms with Crippen LogP contribution in [0, 0.1) is 0 Å². The van der Waals surface area contributed by atoms with Gasteiger partial charge in [0.1, 0.15) is 0 Å². The summed E-state index contributed by atoms with van der Waals surface area (Å²) in [6, 6.07) is 0. The summed E-state index contributed by atoms with van der Waals surface area (Å²) in [7, 11) is -3.14. The van der Waals surface area contributed by atoms with Crippen molar-refractivity contribution in [2.45, 2.75) is 0 Å². The highest BCUT2D eigenvalue weighted by molar-refractivity contribution is 7.89. The predicted octanol–water partition coefficient (Wildman–Crippen LogP) is -0.949. The molecule has 5 heteroatoms. The number of rotatable bonds is 5. The van der Waals surface area contributed by atoms with E-state index in [-0.39, 0.29) is 18.8 Å². The fraction of sp³-hybridized carbons (Fsp3) is 0.600. The molecule has 10 heavy (non-hydrogen) atoms. The van der Waals surface area contributed by atoms with Crippen molar-refractivity contribution < 1.29 is 8.42 Å². The van der Waals surface area contributed by atoms with E-state index in [0.717, 1.165) is 0 Å². The van der Waals surface area contributed by atoms with E-state index in [1.807, 2.05) is 0 Å². The minimum absolute atomic E-state index is 0.0269. The lowest BCUT2D eigenvalue weighted by Crippen LogP contribution is -2.29. The molecule has 0 aromatic carbocycles. The van der Waals surface area contributed by atoms with Gasteiger partial charge >= 0.3 is 0 Å². The first-order valence-electron chi connectivity index (χ1n) is 2.90. The third-order valence-electron chi connectivity index (χ3n) is 0.834. The highest BCUT2D eigenvalue weighted by Gasteiger charge is 2.04. The second-order valence-corrected chi connectivity index (χ2v) is 3.67. The van der Waals surface area contributed by atoms with E-state index < -0.39 is 10.0 Å². The summed E-state index contributed by atoms with van der Waals surface area (Å²) in [6.07, 6.45) is 1.48. The van der Waals surface area contributed by atoms with E-state index >= 15 is 0 Å². The zero-order valence-corrected chi connectivity index (χ0v) is 6.52. The highest BCUT2D eigenvalue weighted by Crippen LogP contribution is 1.79. The van der Waals surface area contributed by atoms with Crippen LogP contribution in [0.2, 0.25) is 0 Å². The molecular weight excluding hydrogens is 152 g/mol. The number of hydrogen-bond donors (Lipinski definition) is 2. The Bertz CT molecular complexity index is 186. The lowest BCUT2D eigenvalue weighted by molar-refractivity contribution is 0.585. The van der Waals surface area contributed by atoms with Crippen LogP contribution in [0.1, 0.15) is 0 Å². The molecule has 0 spiro atoms. The van der Waals surface area contributed by atoms with Crippen molar-refractivity contribution in [1.82, 2.24) is 4.72 Å². The summed E-state index contributed by atoms with van der Waals surface area (Å²) in [5, 5.41) is 0. The Morgan fingerprint density at radius 2 is 2.20 bits per heavy atom. The van der Waals surface area contributed by atoms with E-state index in [1.165, 1.54) is 6.08 Å². The first-order chi connectivity index (χ1) is 4.62. The number of hydrogen-bond acceptors (Lipinski definition) is 3. The second kappa shape index (κ2) is 4.43. The van der Waals surface area contributed by atoms with E-state index in [4.69, 9.17) is 5.73 Å². The van der Waals surface area contributed by atoms with Crippen molar-refractivity contribution in [1.29, 1.82) is 0 Å². The molecule has 0 bridgehead atoms. The molecule has 60 valence electrons. The molecule has 0 heterocycles. The Labute approximate surface area is 61.2 Å². The highest BCUT2D eigenvalue weighted by atomic mass is 32.2. The van der Waals surface area contributed by atoms with Crippen molar-refractivity contribution in [3.8, 4) is 0 Å². The molecule has 0 aliphatic rings. The van der Waals surface area contributed by atoms with E-state index in [1.54, 1.807) is 0 Å². The van der Waals surface area contributed by atoms with E-state index in [9.17, 15) is 8.42 Å². The van der Waals surface area contributed by atoms with Crippen molar-refractivity contribution in [3.63, 3.8) is 0 Å². The summed E-state index contributed by atoms with van der Waals surface area (Å²) in [4.78, 5) is 0. The Morgan fingerprint density at radius 1 is 1.60 bits per heavy atom. The quantitative estimate of drug-likeness (QED) is 0.515. The predicted molar refractivity (Wildman–Crippen MR) is 41.0 cm³/mol. The second-order valence-electron chi connectivity index (χ2n) is 1.74. The molecule has 3 N–H and O–H groups in total. The molecule has 0 aromatic heterocycles. The minimum Gasteiger partial charge on any atom is -0.329 e. The van der Waals surface area contributed by atoms with Crippen LogP contribution in [-0.4, -0.2) is 27.3 Å². The van der Waals surface area contributed by atoms with Gasteiger partial charge in [0.05, 0.1) is 5.75 Å². The first-order valence-corrected chi connectivity index (χ1v) is 4.56. The van der Waals surface area contributed by atoms with Gasteiger partial charge in [-0.25, -0.2) is 13.1 Å². The van der Waals surface area contributed by atoms with Crippen LogP contribution in [-0.2, 0) is 10.0 Å². The summed E-state index contributed by atoms with van der Waals surface area (Å²) in [6.45, 7) is 3.78. The molecule has 0 amide bonds. The van der Waals surface area contributed by atoms with Crippen LogP contribution < -0.4 is 10.5 Å². The molecule has 0 saturated carbocycles. The SMILES string of the molecule is C=CCNS(=O)(=O)CCN. The minimum atomic E-state index is -3.14. The Hall–Kier alpha value is -0.390. The standard InChI is InChI=1S/C5H12N2O2S/c1-2-4-7-10(8,9)5-3-6/h2,7H,1,3-6H2. The molecule has 0 aromatic rings. The van der Waals surface area contributed by atoms with Crippen molar-refractivity contribution in [2.24, 2.45) is 5.73 Å². The molecule has 4 nitrogen and oxygen atoms in total. The van der Waals surface area contributed by atoms with Crippen molar-refractivity contribution in [3.05, 3.63) is 12.7 Å². The summed E-state index contributed by atoms with van der Waals surface area (Å²) in [5.41, 5.74) is 5.04. The topological polar surface area (TPSA) is 72.2 Å². The van der Waals surface area contributed by atoms with E-state index in [0.29, 0.717) is 0 Å². The van der Waals surface area contributed by atoms with Gasteiger partial charge in [-0.15, -0.1) is 6.58 Å². The summed E-state index contributed by atoms with van der Waals surface area (Å²) < 4.78 is 23.8. The van der Waals surface area contributed by atoms with Gasteiger partial charge in [-0.1, -0.05) is 6.08 Å². The van der Waals surface area contributed by atoms with Crippen molar-refractivity contribution >= 4 is 10.0 Å². The van der Waals surface area contributed by atoms with Gasteiger partial charge in [-0.3, -0.25) is 0 Å². The molecular formula is C5H12N2O2S. The van der Waals surface area contributed by atoms with Gasteiger partial charge in [-0.05, 0) is 0 Å². The smallest absolute Gasteiger partial charge is 0.213 e. The fourth-order valence-electron chi connectivity index (χ4n) is 0.413. The van der Waals surface area contributed by atoms with Gasteiger partial charge in [-0.2, -0.15) is 0 Å². The Morgan fingerprint density at radius 3 is 2.60 bits per heavy atom. The van der Waals surface area contributed by atoms with Gasteiger partial charge in [0.15, 0.2) is 0 Å². The molecule has 0 radical (unpaired) electrons. The van der Waals surface area contributed by atoms with Gasteiger partial charge in [0.25, 0.3) is 0 Å². The largest absolute Gasteiger partial charge is 0.329 e. The van der Waals surface area contributed by atoms with Gasteiger partial charge < -0.3 is 5.73 Å². The summed E-state index contributed by atoms with van der Waals surface area (Å²) >= 11 is 0. The molecule has 0 saturated heterocycles. The fourth-order valence-corrected chi connectivity index (χ4v) is 1.24. The Kier molecular flexibility index (Phi) is 4.26. The maximum absolute atomic E-state index is 10.8. The van der Waals surface area contributed by atoms with Crippen LogP contribution in [0.5, 0.6) is 0 Å². The molecule has 0 atom stereocenters. The number of nitrogens with one attached hydrogen (secondary N) is 1. The molecule has 0 aliphatic heterocycles. The first kappa shape index (κ1) is 9.61. The van der Waals surface area contributed by atoms with Gasteiger partial charge in [0, 0.05) is 13.1 Å². The maximum Gasteiger partial charge on any atom is 0.213 e. The van der Waals surface area contributed by atoms with E-state index in [2.05, 4.69) is 11.3 Å². The Balaban J connectivity index is 3.76. The zero-order valence-electron chi connectivity index (χ0n) is 5.71. The summed E-state index contributed by atoms with van der Waals surface area (Å²) in [5.74, 6) is -0.0269. The lowest BCUT2D eigenvalue weighted by atomic mass is 10.7. The van der Waals surface area contributed by atoms with Crippen LogP contribution in [0.4, 0.5) is 0 Å². The van der Waals surface area contributed by atoms with Crippen LogP contribution >= 0.6 is 0 Å². The lowest BCUT2D eigenvalue weighted by Gasteiger charge is -2.00. The molecule has 0 fully saturated rings. The van der Waals surface area contributed by atoms with Crippen molar-refractivity contribution in [2.75, 3.05) is 18.8 Å². The number of sulfonamides is 1. The van der Waals surface area contributed by atoms with Crippen LogP contribution in [0.25, 0.3) is 0 Å². The maximum atomic E-state index is 10.8. The average molecular weight is 164 g/mol. The normalized spacial score (nSPS) is 11.3. The average Bonchev–Trinajstić information content (AvgIpc) is 1.84. The molecule has 0 aliphatic carbocycles. The third-order valence-corrected chi connectivity index (χ3v) is 2.21.